The van der Waals surface area contributed by atoms with E-state index in [1.165, 1.54) is 4.90 Å². The van der Waals surface area contributed by atoms with Crippen LogP contribution in [0.2, 0.25) is 0 Å². The minimum absolute atomic E-state index is 0.0981. The number of aliphatic hydroxyl groups is 1. The van der Waals surface area contributed by atoms with Gasteiger partial charge in [0, 0.05) is 19.5 Å². The highest BCUT2D eigenvalue weighted by Gasteiger charge is 2.40. The molecule has 1 fully saturated rings. The predicted octanol–water partition coefficient (Wildman–Crippen LogP) is 0.622. The number of hydrogen-bond donors (Lipinski definition) is 2. The number of carboxylic acid groups (broad SMARTS) is 1. The van der Waals surface area contributed by atoms with Crippen LogP contribution in [-0.4, -0.2) is 46.2 Å². The van der Waals surface area contributed by atoms with E-state index in [0.717, 1.165) is 0 Å². The maximum absolute atomic E-state index is 12.0. The lowest BCUT2D eigenvalue weighted by molar-refractivity contribution is -0.151. The maximum Gasteiger partial charge on any atom is 0.314 e. The predicted molar refractivity (Wildman–Crippen MR) is 68.6 cm³/mol. The van der Waals surface area contributed by atoms with Crippen LogP contribution in [0.3, 0.4) is 0 Å². The molecule has 2 rings (SSSR count). The van der Waals surface area contributed by atoms with E-state index in [-0.39, 0.29) is 12.3 Å². The molecule has 1 heterocycles. The van der Waals surface area contributed by atoms with Gasteiger partial charge in [0.05, 0.1) is 11.5 Å². The first-order chi connectivity index (χ1) is 8.93. The topological polar surface area (TPSA) is 77.8 Å². The summed E-state index contributed by atoms with van der Waals surface area (Å²) in [5.41, 5.74) is -0.629. The van der Waals surface area contributed by atoms with E-state index in [4.69, 9.17) is 0 Å². The molecule has 5 nitrogen and oxygen atoms in total. The number of nitrogens with zero attached hydrogens (tertiary/aromatic N) is 1. The number of carboxylic acids is 1. The van der Waals surface area contributed by atoms with Crippen LogP contribution in [0.5, 0.6) is 0 Å². The summed E-state index contributed by atoms with van der Waals surface area (Å²) in [5.74, 6) is -1.26. The number of amides is 1. The van der Waals surface area contributed by atoms with E-state index in [0.29, 0.717) is 18.7 Å². The molecule has 0 radical (unpaired) electrons. The smallest absolute Gasteiger partial charge is 0.314 e. The number of aliphatic carboxylic acids is 1. The third kappa shape index (κ3) is 2.61. The van der Waals surface area contributed by atoms with Gasteiger partial charge in [-0.1, -0.05) is 30.3 Å². The summed E-state index contributed by atoms with van der Waals surface area (Å²) in [4.78, 5) is 25.0. The van der Waals surface area contributed by atoms with E-state index < -0.39 is 17.5 Å². The molecular formula is C14H17NO4. The van der Waals surface area contributed by atoms with Crippen LogP contribution in [-0.2, 0) is 15.0 Å². The van der Waals surface area contributed by atoms with E-state index >= 15 is 0 Å². The fourth-order valence-corrected chi connectivity index (χ4v) is 2.18. The largest absolute Gasteiger partial charge is 0.481 e. The van der Waals surface area contributed by atoms with E-state index in [2.05, 4.69) is 0 Å². The lowest BCUT2D eigenvalue weighted by Crippen LogP contribution is -2.55. The van der Waals surface area contributed by atoms with Crippen molar-refractivity contribution in [2.75, 3.05) is 13.1 Å². The molecule has 1 saturated heterocycles. The SMILES string of the molecule is CC(CC(=O)N1CC(O)C1)(C(=O)O)c1ccccc1. The number of likely N-dealkylation sites (tertiary alicyclic amines) is 1. The van der Waals surface area contributed by atoms with Crippen molar-refractivity contribution in [3.63, 3.8) is 0 Å². The van der Waals surface area contributed by atoms with Crippen molar-refractivity contribution in [2.45, 2.75) is 24.9 Å². The number of β-amino-alcohol motifs (C(OH)–C–C–N with tert-alkyl or cyclic N) is 1. The minimum Gasteiger partial charge on any atom is -0.481 e. The summed E-state index contributed by atoms with van der Waals surface area (Å²) in [7, 11) is 0. The molecule has 1 amide bonds. The fourth-order valence-electron chi connectivity index (χ4n) is 2.18. The average Bonchev–Trinajstić information content (AvgIpc) is 2.35. The standard InChI is InChI=1S/C14H17NO4/c1-14(13(18)19,10-5-3-2-4-6-10)7-12(17)15-8-11(16)9-15/h2-6,11,16H,7-9H2,1H3,(H,18,19). The Kier molecular flexibility index (Phi) is 3.57. The monoisotopic (exact) mass is 263 g/mol. The van der Waals surface area contributed by atoms with Gasteiger partial charge >= 0.3 is 5.97 Å². The zero-order chi connectivity index (χ0) is 14.0. The fraction of sp³-hybridized carbons (Fsp3) is 0.429. The van der Waals surface area contributed by atoms with Crippen LogP contribution in [0.25, 0.3) is 0 Å². The lowest BCUT2D eigenvalue weighted by Gasteiger charge is -2.38. The van der Waals surface area contributed by atoms with E-state index in [9.17, 15) is 19.8 Å². The number of aliphatic hydroxyl groups excluding tert-OH is 1. The maximum atomic E-state index is 12.0. The quantitative estimate of drug-likeness (QED) is 0.835. The Labute approximate surface area is 111 Å². The van der Waals surface area contributed by atoms with Crippen molar-refractivity contribution in [3.8, 4) is 0 Å². The highest BCUT2D eigenvalue weighted by atomic mass is 16.4. The third-order valence-electron chi connectivity index (χ3n) is 3.60. The summed E-state index contributed by atoms with van der Waals surface area (Å²) in [6.07, 6.45) is -0.573. The van der Waals surface area contributed by atoms with Gasteiger partial charge < -0.3 is 15.1 Å². The number of carbonyl (C=O) groups excluding carboxylic acids is 1. The Morgan fingerprint density at radius 1 is 1.32 bits per heavy atom. The Bertz CT molecular complexity index is 481. The molecule has 1 aliphatic rings. The van der Waals surface area contributed by atoms with Gasteiger partial charge in [-0.15, -0.1) is 0 Å². The lowest BCUT2D eigenvalue weighted by atomic mass is 9.79. The van der Waals surface area contributed by atoms with Gasteiger partial charge in [0.25, 0.3) is 0 Å². The first kappa shape index (κ1) is 13.5. The zero-order valence-electron chi connectivity index (χ0n) is 10.7. The number of benzene rings is 1. The molecule has 1 unspecified atom stereocenters. The minimum atomic E-state index is -1.24. The Hall–Kier alpha value is -1.88. The zero-order valence-corrected chi connectivity index (χ0v) is 10.7. The Morgan fingerprint density at radius 2 is 1.89 bits per heavy atom. The van der Waals surface area contributed by atoms with Crippen molar-refractivity contribution in [1.82, 2.24) is 4.90 Å². The van der Waals surface area contributed by atoms with Crippen LogP contribution in [0.1, 0.15) is 18.9 Å². The highest BCUT2D eigenvalue weighted by Crippen LogP contribution is 2.29. The highest BCUT2D eigenvalue weighted by molar-refractivity contribution is 5.89. The van der Waals surface area contributed by atoms with Gasteiger partial charge in [-0.05, 0) is 12.5 Å². The molecule has 0 aromatic heterocycles. The van der Waals surface area contributed by atoms with E-state index in [1.54, 1.807) is 37.3 Å². The second-order valence-corrected chi connectivity index (χ2v) is 5.13. The molecule has 0 bridgehead atoms. The second-order valence-electron chi connectivity index (χ2n) is 5.13. The van der Waals surface area contributed by atoms with E-state index in [1.807, 2.05) is 0 Å². The molecule has 2 N–H and O–H groups in total. The third-order valence-corrected chi connectivity index (χ3v) is 3.60. The molecule has 0 spiro atoms. The first-order valence-corrected chi connectivity index (χ1v) is 6.18. The number of carbonyl (C=O) groups is 2. The van der Waals surface area contributed by atoms with Crippen molar-refractivity contribution < 1.29 is 19.8 Å². The molecule has 0 saturated carbocycles. The summed E-state index contributed by atoms with van der Waals surface area (Å²) in [6.45, 7) is 2.14. The molecule has 1 aromatic rings. The molecule has 102 valence electrons. The van der Waals surface area contributed by atoms with Gasteiger partial charge in [-0.25, -0.2) is 0 Å². The molecule has 19 heavy (non-hydrogen) atoms. The van der Waals surface area contributed by atoms with Crippen LogP contribution in [0, 0.1) is 0 Å². The van der Waals surface area contributed by atoms with Crippen LogP contribution >= 0.6 is 0 Å². The van der Waals surface area contributed by atoms with Crippen molar-refractivity contribution in [2.24, 2.45) is 0 Å². The average molecular weight is 263 g/mol. The molecule has 0 aliphatic carbocycles. The second kappa shape index (κ2) is 5.01. The summed E-state index contributed by atoms with van der Waals surface area (Å²) in [6, 6.07) is 8.75. The van der Waals surface area contributed by atoms with Gasteiger partial charge in [0.15, 0.2) is 0 Å². The van der Waals surface area contributed by atoms with Crippen molar-refractivity contribution >= 4 is 11.9 Å². The van der Waals surface area contributed by atoms with Crippen molar-refractivity contribution in [1.29, 1.82) is 0 Å². The molecule has 1 aromatic carbocycles. The van der Waals surface area contributed by atoms with Crippen molar-refractivity contribution in [3.05, 3.63) is 35.9 Å². The summed E-state index contributed by atoms with van der Waals surface area (Å²) >= 11 is 0. The first-order valence-electron chi connectivity index (χ1n) is 6.18. The molecule has 1 aliphatic heterocycles. The summed E-state index contributed by atoms with van der Waals surface area (Å²) < 4.78 is 0. The van der Waals surface area contributed by atoms with Gasteiger partial charge in [0.2, 0.25) is 5.91 Å². The van der Waals surface area contributed by atoms with Gasteiger partial charge in [-0.3, -0.25) is 9.59 Å². The number of rotatable bonds is 4. The van der Waals surface area contributed by atoms with Gasteiger partial charge in [-0.2, -0.15) is 0 Å². The molecular weight excluding hydrogens is 246 g/mol. The Morgan fingerprint density at radius 3 is 2.37 bits per heavy atom. The normalized spacial score (nSPS) is 18.5. The van der Waals surface area contributed by atoms with Gasteiger partial charge in [0.1, 0.15) is 0 Å². The Balaban J connectivity index is 2.16. The molecule has 1 atom stereocenters. The van der Waals surface area contributed by atoms with Crippen LogP contribution in [0.15, 0.2) is 30.3 Å². The molecule has 5 heteroatoms. The van der Waals surface area contributed by atoms with Crippen LogP contribution in [0.4, 0.5) is 0 Å². The number of hydrogen-bond acceptors (Lipinski definition) is 3. The van der Waals surface area contributed by atoms with Crippen LogP contribution < -0.4 is 0 Å². The summed E-state index contributed by atoms with van der Waals surface area (Å²) in [5, 5.41) is 18.6.